The van der Waals surface area contributed by atoms with Crippen LogP contribution in [0.15, 0.2) is 42.7 Å². The van der Waals surface area contributed by atoms with Gasteiger partial charge in [-0.25, -0.2) is 28.2 Å². The van der Waals surface area contributed by atoms with Gasteiger partial charge in [0.15, 0.2) is 5.65 Å². The van der Waals surface area contributed by atoms with Crippen LogP contribution in [0.2, 0.25) is 0 Å². The zero-order valence-corrected chi connectivity index (χ0v) is 20.5. The Morgan fingerprint density at radius 2 is 1.74 bits per heavy atom. The van der Waals surface area contributed by atoms with Gasteiger partial charge in [0.05, 0.1) is 36.0 Å². The summed E-state index contributed by atoms with van der Waals surface area (Å²) in [5.74, 6) is -0.986. The molecule has 2 aromatic heterocycles. The number of nitrogen functional groups attached to an aromatic ring is 1. The number of nitrogens with two attached hydrogens (primary N) is 1. The summed E-state index contributed by atoms with van der Waals surface area (Å²) in [6, 6.07) is 8.44. The van der Waals surface area contributed by atoms with Crippen LogP contribution in [0.4, 0.5) is 30.8 Å². The van der Waals surface area contributed by atoms with Gasteiger partial charge in [0.25, 0.3) is 0 Å². The monoisotopic (exact) mass is 520 g/mol. The summed E-state index contributed by atoms with van der Waals surface area (Å²) < 4.78 is 36.8. The molecule has 0 unspecified atom stereocenters. The van der Waals surface area contributed by atoms with E-state index in [1.807, 2.05) is 0 Å². The Morgan fingerprint density at radius 3 is 2.42 bits per heavy atom. The van der Waals surface area contributed by atoms with Crippen LogP contribution in [0.25, 0.3) is 22.3 Å². The van der Waals surface area contributed by atoms with E-state index in [4.69, 9.17) is 10.5 Å². The number of nitrogens with one attached hydrogen (secondary N) is 2. The molecule has 1 aliphatic heterocycles. The summed E-state index contributed by atoms with van der Waals surface area (Å²) >= 11 is 0. The van der Waals surface area contributed by atoms with Crippen molar-refractivity contribution in [2.24, 2.45) is 0 Å². The first-order valence-electron chi connectivity index (χ1n) is 12.4. The molecule has 0 bridgehead atoms. The molecule has 4 aromatic rings. The smallest absolute Gasteiger partial charge is 0.323 e. The van der Waals surface area contributed by atoms with E-state index in [-0.39, 0.29) is 23.2 Å². The normalized spacial score (nSPS) is 16.1. The first kappa shape index (κ1) is 24.2. The first-order chi connectivity index (χ1) is 18.5. The van der Waals surface area contributed by atoms with E-state index in [9.17, 15) is 9.18 Å². The number of aromatic nitrogens is 4. The van der Waals surface area contributed by atoms with E-state index in [2.05, 4.69) is 30.6 Å². The topological polar surface area (TPSA) is 123 Å². The molecule has 2 aromatic carbocycles. The standard InChI is InChI=1S/C26H26F2N8O2/c27-18-11-15(13-35-7-9-38-10-8-35)1-5-20(18)32-26(37)33-21-6-2-16(12-19(21)28)23-22-24(29)30-14-31-25(22)36(34-23)17-3-4-17/h1-2,5-6,11-12,14,17H,3-4,7-10,13H2,(H2,29,30,31)(H2,32,33,37). The lowest BCUT2D eigenvalue weighted by Gasteiger charge is -2.26. The van der Waals surface area contributed by atoms with Crippen LogP contribution in [0, 0.1) is 11.6 Å². The summed E-state index contributed by atoms with van der Waals surface area (Å²) in [4.78, 5) is 23.1. The van der Waals surface area contributed by atoms with Crippen molar-refractivity contribution < 1.29 is 18.3 Å². The van der Waals surface area contributed by atoms with Gasteiger partial charge in [-0.15, -0.1) is 0 Å². The van der Waals surface area contributed by atoms with Gasteiger partial charge in [0, 0.05) is 25.2 Å². The number of amides is 2. The van der Waals surface area contributed by atoms with Crippen molar-refractivity contribution in [2.45, 2.75) is 25.4 Å². The van der Waals surface area contributed by atoms with Gasteiger partial charge in [-0.05, 0) is 42.7 Å². The van der Waals surface area contributed by atoms with Crippen LogP contribution in [0.1, 0.15) is 24.4 Å². The fraction of sp³-hybridized carbons (Fsp3) is 0.308. The van der Waals surface area contributed by atoms with E-state index < -0.39 is 17.7 Å². The number of urea groups is 1. The number of morpholine rings is 1. The van der Waals surface area contributed by atoms with E-state index >= 15 is 4.39 Å². The van der Waals surface area contributed by atoms with Crippen molar-refractivity contribution in [1.29, 1.82) is 0 Å². The van der Waals surface area contributed by atoms with E-state index in [1.165, 1.54) is 30.6 Å². The molecule has 0 radical (unpaired) electrons. The fourth-order valence-electron chi connectivity index (χ4n) is 4.59. The van der Waals surface area contributed by atoms with Gasteiger partial charge in [0.1, 0.15) is 29.5 Å². The number of anilines is 3. The molecule has 38 heavy (non-hydrogen) atoms. The minimum absolute atomic E-state index is 0.00202. The predicted octanol–water partition coefficient (Wildman–Crippen LogP) is 4.16. The Hall–Kier alpha value is -4.16. The summed E-state index contributed by atoms with van der Waals surface area (Å²) in [7, 11) is 0. The van der Waals surface area contributed by atoms with Gasteiger partial charge < -0.3 is 21.1 Å². The Bertz CT molecular complexity index is 1510. The van der Waals surface area contributed by atoms with Crippen molar-refractivity contribution >= 4 is 34.3 Å². The predicted molar refractivity (Wildman–Crippen MR) is 139 cm³/mol. The summed E-state index contributed by atoms with van der Waals surface area (Å²) in [5, 5.41) is 10.1. The highest BCUT2D eigenvalue weighted by Crippen LogP contribution is 2.40. The minimum Gasteiger partial charge on any atom is -0.383 e. The number of ether oxygens (including phenoxy) is 1. The molecule has 1 saturated heterocycles. The molecule has 3 heterocycles. The van der Waals surface area contributed by atoms with Gasteiger partial charge in [0.2, 0.25) is 0 Å². The zero-order valence-electron chi connectivity index (χ0n) is 20.5. The number of hydrogen-bond donors (Lipinski definition) is 3. The number of halogens is 2. The van der Waals surface area contributed by atoms with Gasteiger partial charge in [-0.3, -0.25) is 4.90 Å². The molecular formula is C26H26F2N8O2. The molecule has 4 N–H and O–H groups in total. The number of rotatable bonds is 6. The molecule has 1 saturated carbocycles. The second-order valence-corrected chi connectivity index (χ2v) is 9.46. The molecule has 6 rings (SSSR count). The SMILES string of the molecule is Nc1ncnc2c1c(-c1ccc(NC(=O)Nc3ccc(CN4CCOCC4)cc3F)c(F)c1)nn2C1CC1. The Kier molecular flexibility index (Phi) is 6.34. The third-order valence-corrected chi connectivity index (χ3v) is 6.69. The largest absolute Gasteiger partial charge is 0.383 e. The second-order valence-electron chi connectivity index (χ2n) is 9.46. The number of nitrogens with zero attached hydrogens (tertiary/aromatic N) is 5. The van der Waals surface area contributed by atoms with Crippen LogP contribution < -0.4 is 16.4 Å². The second kappa shape index (κ2) is 9.95. The maximum absolute atomic E-state index is 15.0. The maximum atomic E-state index is 15.0. The van der Waals surface area contributed by atoms with E-state index in [0.29, 0.717) is 42.0 Å². The minimum atomic E-state index is -0.766. The molecule has 2 aliphatic rings. The molecule has 0 atom stereocenters. The van der Waals surface area contributed by atoms with Gasteiger partial charge in [-0.1, -0.05) is 12.1 Å². The molecule has 2 amide bonds. The van der Waals surface area contributed by atoms with Gasteiger partial charge in [-0.2, -0.15) is 5.10 Å². The number of carbonyl (C=O) groups is 1. The quantitative estimate of drug-likeness (QED) is 0.349. The first-order valence-corrected chi connectivity index (χ1v) is 12.4. The average molecular weight is 521 g/mol. The Balaban J connectivity index is 1.16. The highest BCUT2D eigenvalue weighted by molar-refractivity contribution is 6.01. The van der Waals surface area contributed by atoms with Crippen molar-refractivity contribution in [3.8, 4) is 11.3 Å². The Labute approximate surface area is 216 Å². The molecule has 0 spiro atoms. The molecular weight excluding hydrogens is 494 g/mol. The fourth-order valence-corrected chi connectivity index (χ4v) is 4.59. The van der Waals surface area contributed by atoms with Crippen LogP contribution in [0.5, 0.6) is 0 Å². The summed E-state index contributed by atoms with van der Waals surface area (Å²) in [6.07, 6.45) is 3.36. The third kappa shape index (κ3) is 4.87. The lowest BCUT2D eigenvalue weighted by molar-refractivity contribution is 0.0341. The number of benzene rings is 2. The van der Waals surface area contributed by atoms with Crippen LogP contribution in [-0.2, 0) is 11.3 Å². The molecule has 196 valence electrons. The molecule has 2 fully saturated rings. The number of carbonyl (C=O) groups excluding carboxylic acids is 1. The van der Waals surface area contributed by atoms with Crippen molar-refractivity contribution in [1.82, 2.24) is 24.6 Å². The van der Waals surface area contributed by atoms with Crippen LogP contribution >= 0.6 is 0 Å². The van der Waals surface area contributed by atoms with Crippen LogP contribution in [0.3, 0.4) is 0 Å². The third-order valence-electron chi connectivity index (χ3n) is 6.69. The van der Waals surface area contributed by atoms with Gasteiger partial charge >= 0.3 is 6.03 Å². The van der Waals surface area contributed by atoms with Crippen molar-refractivity contribution in [3.05, 3.63) is 59.9 Å². The maximum Gasteiger partial charge on any atom is 0.323 e. The highest BCUT2D eigenvalue weighted by Gasteiger charge is 2.29. The van der Waals surface area contributed by atoms with Crippen LogP contribution in [-0.4, -0.2) is 57.0 Å². The zero-order chi connectivity index (χ0) is 26.2. The lowest BCUT2D eigenvalue weighted by atomic mass is 10.1. The van der Waals surface area contributed by atoms with Crippen molar-refractivity contribution in [3.63, 3.8) is 0 Å². The molecule has 10 nitrogen and oxygen atoms in total. The Morgan fingerprint density at radius 1 is 1.03 bits per heavy atom. The van der Waals surface area contributed by atoms with E-state index in [1.54, 1.807) is 16.8 Å². The molecule has 12 heteroatoms. The number of fused-ring (bicyclic) bond motifs is 1. The molecule has 1 aliphatic carbocycles. The summed E-state index contributed by atoms with van der Waals surface area (Å²) in [5.41, 5.74) is 8.38. The highest BCUT2D eigenvalue weighted by atomic mass is 19.1. The average Bonchev–Trinajstić information content (AvgIpc) is 3.67. The number of hydrogen-bond acceptors (Lipinski definition) is 7. The lowest BCUT2D eigenvalue weighted by Crippen LogP contribution is -2.35. The van der Waals surface area contributed by atoms with Crippen molar-refractivity contribution in [2.75, 3.05) is 42.7 Å². The summed E-state index contributed by atoms with van der Waals surface area (Å²) in [6.45, 7) is 3.48. The van der Waals surface area contributed by atoms with E-state index in [0.717, 1.165) is 31.5 Å².